The van der Waals surface area contributed by atoms with Crippen molar-refractivity contribution in [3.63, 3.8) is 0 Å². The molecule has 0 saturated heterocycles. The van der Waals surface area contributed by atoms with Crippen molar-refractivity contribution in [2.75, 3.05) is 6.54 Å². The lowest BCUT2D eigenvalue weighted by Gasteiger charge is -2.31. The highest BCUT2D eigenvalue weighted by molar-refractivity contribution is 5.87. The summed E-state index contributed by atoms with van der Waals surface area (Å²) in [6.07, 6.45) is 0.322. The van der Waals surface area contributed by atoms with Gasteiger partial charge in [0.05, 0.1) is 6.42 Å². The summed E-state index contributed by atoms with van der Waals surface area (Å²) in [5.74, 6) is -1.06. The van der Waals surface area contributed by atoms with Gasteiger partial charge in [0.25, 0.3) is 0 Å². The zero-order valence-electron chi connectivity index (χ0n) is 12.5. The number of carboxylic acids is 1. The van der Waals surface area contributed by atoms with E-state index in [1.807, 2.05) is 13.8 Å². The summed E-state index contributed by atoms with van der Waals surface area (Å²) < 4.78 is 0. The standard InChI is InChI=1S/C13H25N3O4/c1-5-16(9(4)7-11(17)18)12(19)10(6-8(2)3)15-13(14)20/h8-10H,5-7H2,1-4H3,(H,17,18)(H3,14,15,20). The molecule has 7 heteroatoms. The molecule has 7 nitrogen and oxygen atoms in total. The molecule has 0 aromatic rings. The summed E-state index contributed by atoms with van der Waals surface area (Å²) in [7, 11) is 0. The molecular weight excluding hydrogens is 262 g/mol. The Labute approximate surface area is 119 Å². The molecule has 4 N–H and O–H groups in total. The van der Waals surface area contributed by atoms with Gasteiger partial charge in [-0.15, -0.1) is 0 Å². The number of likely N-dealkylation sites (N-methyl/N-ethyl adjacent to an activating group) is 1. The maximum Gasteiger partial charge on any atom is 0.312 e. The molecule has 0 heterocycles. The van der Waals surface area contributed by atoms with Gasteiger partial charge in [-0.1, -0.05) is 13.8 Å². The number of nitrogens with zero attached hydrogens (tertiary/aromatic N) is 1. The number of nitrogens with two attached hydrogens (primary N) is 1. The summed E-state index contributed by atoms with van der Waals surface area (Å²) in [6, 6.07) is -1.91. The van der Waals surface area contributed by atoms with Gasteiger partial charge in [0.15, 0.2) is 0 Å². The van der Waals surface area contributed by atoms with Crippen LogP contribution in [-0.4, -0.2) is 46.5 Å². The molecule has 0 bridgehead atoms. The van der Waals surface area contributed by atoms with Gasteiger partial charge in [0.1, 0.15) is 6.04 Å². The second-order valence-electron chi connectivity index (χ2n) is 5.26. The fourth-order valence-electron chi connectivity index (χ4n) is 2.11. The largest absolute Gasteiger partial charge is 0.481 e. The molecule has 0 fully saturated rings. The van der Waals surface area contributed by atoms with Crippen LogP contribution in [0.2, 0.25) is 0 Å². The Bertz CT molecular complexity index is 358. The Kier molecular flexibility index (Phi) is 7.64. The lowest BCUT2D eigenvalue weighted by molar-refractivity contribution is -0.141. The van der Waals surface area contributed by atoms with E-state index in [1.165, 1.54) is 4.90 Å². The quantitative estimate of drug-likeness (QED) is 0.612. The number of hydrogen-bond acceptors (Lipinski definition) is 3. The number of primary amides is 1. The first-order valence-electron chi connectivity index (χ1n) is 6.77. The molecule has 0 radical (unpaired) electrons. The summed E-state index contributed by atoms with van der Waals surface area (Å²) in [4.78, 5) is 35.6. The van der Waals surface area contributed by atoms with Gasteiger partial charge in [0, 0.05) is 12.6 Å². The van der Waals surface area contributed by atoms with Gasteiger partial charge >= 0.3 is 12.0 Å². The maximum absolute atomic E-state index is 12.4. The summed E-state index contributed by atoms with van der Waals surface area (Å²) >= 11 is 0. The zero-order valence-corrected chi connectivity index (χ0v) is 12.5. The molecule has 2 atom stereocenters. The molecule has 0 saturated carbocycles. The van der Waals surface area contributed by atoms with E-state index in [1.54, 1.807) is 13.8 Å². The summed E-state index contributed by atoms with van der Waals surface area (Å²) in [5.41, 5.74) is 5.09. The van der Waals surface area contributed by atoms with E-state index in [2.05, 4.69) is 5.32 Å². The van der Waals surface area contributed by atoms with Crippen molar-refractivity contribution in [2.24, 2.45) is 11.7 Å². The summed E-state index contributed by atoms with van der Waals surface area (Å²) in [6.45, 7) is 7.68. The molecule has 0 aliphatic heterocycles. The van der Waals surface area contributed by atoms with Crippen LogP contribution in [0.4, 0.5) is 4.79 Å². The average molecular weight is 287 g/mol. The maximum atomic E-state index is 12.4. The molecule has 0 aliphatic rings. The van der Waals surface area contributed by atoms with Crippen LogP contribution in [-0.2, 0) is 9.59 Å². The lowest BCUT2D eigenvalue weighted by Crippen LogP contribution is -2.53. The predicted octanol–water partition coefficient (Wildman–Crippen LogP) is 0.781. The molecule has 20 heavy (non-hydrogen) atoms. The normalized spacial score (nSPS) is 13.7. The van der Waals surface area contributed by atoms with E-state index in [0.29, 0.717) is 13.0 Å². The third-order valence-corrected chi connectivity index (χ3v) is 2.95. The van der Waals surface area contributed by atoms with Gasteiger partial charge in [-0.2, -0.15) is 0 Å². The van der Waals surface area contributed by atoms with Crippen LogP contribution < -0.4 is 11.1 Å². The van der Waals surface area contributed by atoms with E-state index < -0.39 is 24.1 Å². The Morgan fingerprint density at radius 1 is 1.25 bits per heavy atom. The van der Waals surface area contributed by atoms with Crippen LogP contribution in [0.3, 0.4) is 0 Å². The number of rotatable bonds is 8. The van der Waals surface area contributed by atoms with Gasteiger partial charge < -0.3 is 21.1 Å². The lowest BCUT2D eigenvalue weighted by atomic mass is 10.0. The Hall–Kier alpha value is -1.79. The molecule has 116 valence electrons. The Morgan fingerprint density at radius 2 is 1.80 bits per heavy atom. The second-order valence-corrected chi connectivity index (χ2v) is 5.26. The highest BCUT2D eigenvalue weighted by Gasteiger charge is 2.28. The molecular formula is C13H25N3O4. The van der Waals surface area contributed by atoms with E-state index in [-0.39, 0.29) is 18.2 Å². The highest BCUT2D eigenvalue weighted by atomic mass is 16.4. The van der Waals surface area contributed by atoms with Gasteiger partial charge in [0.2, 0.25) is 5.91 Å². The fourth-order valence-corrected chi connectivity index (χ4v) is 2.11. The number of carbonyl (C=O) groups is 3. The van der Waals surface area contributed by atoms with Crippen molar-refractivity contribution < 1.29 is 19.5 Å². The second kappa shape index (κ2) is 8.39. The van der Waals surface area contributed by atoms with Gasteiger partial charge in [-0.3, -0.25) is 9.59 Å². The first kappa shape index (κ1) is 18.2. The topological polar surface area (TPSA) is 113 Å². The SMILES string of the molecule is CCN(C(=O)C(CC(C)C)NC(N)=O)C(C)CC(=O)O. The van der Waals surface area contributed by atoms with Crippen LogP contribution in [0, 0.1) is 5.92 Å². The molecule has 0 spiro atoms. The molecule has 2 unspecified atom stereocenters. The predicted molar refractivity (Wildman–Crippen MR) is 75.1 cm³/mol. The summed E-state index contributed by atoms with van der Waals surface area (Å²) in [5, 5.41) is 11.2. The minimum atomic E-state index is -0.966. The highest BCUT2D eigenvalue weighted by Crippen LogP contribution is 2.12. The van der Waals surface area contributed by atoms with Crippen LogP contribution in [0.25, 0.3) is 0 Å². The van der Waals surface area contributed by atoms with E-state index in [4.69, 9.17) is 10.8 Å². The smallest absolute Gasteiger partial charge is 0.312 e. The van der Waals surface area contributed by atoms with Gasteiger partial charge in [-0.05, 0) is 26.2 Å². The molecule has 0 aromatic carbocycles. The van der Waals surface area contributed by atoms with Crippen molar-refractivity contribution in [1.82, 2.24) is 10.2 Å². The van der Waals surface area contributed by atoms with E-state index >= 15 is 0 Å². The number of urea groups is 1. The zero-order chi connectivity index (χ0) is 15.9. The van der Waals surface area contributed by atoms with Crippen molar-refractivity contribution in [3.05, 3.63) is 0 Å². The number of amides is 3. The monoisotopic (exact) mass is 287 g/mol. The number of hydrogen-bond donors (Lipinski definition) is 3. The fraction of sp³-hybridized carbons (Fsp3) is 0.769. The Morgan fingerprint density at radius 3 is 2.15 bits per heavy atom. The third-order valence-electron chi connectivity index (χ3n) is 2.95. The molecule has 0 rings (SSSR count). The number of nitrogens with one attached hydrogen (secondary N) is 1. The third kappa shape index (κ3) is 6.40. The van der Waals surface area contributed by atoms with E-state index in [0.717, 1.165) is 0 Å². The van der Waals surface area contributed by atoms with Crippen LogP contribution in [0.15, 0.2) is 0 Å². The van der Waals surface area contributed by atoms with Crippen molar-refractivity contribution >= 4 is 17.9 Å². The minimum Gasteiger partial charge on any atom is -0.481 e. The molecule has 0 aliphatic carbocycles. The van der Waals surface area contributed by atoms with Crippen molar-refractivity contribution in [1.29, 1.82) is 0 Å². The van der Waals surface area contributed by atoms with Crippen LogP contribution >= 0.6 is 0 Å². The number of carboxylic acid groups (broad SMARTS) is 1. The van der Waals surface area contributed by atoms with Gasteiger partial charge in [-0.25, -0.2) is 4.79 Å². The van der Waals surface area contributed by atoms with Crippen molar-refractivity contribution in [3.8, 4) is 0 Å². The Balaban J connectivity index is 4.97. The number of carbonyl (C=O) groups excluding carboxylic acids is 2. The van der Waals surface area contributed by atoms with E-state index in [9.17, 15) is 14.4 Å². The van der Waals surface area contributed by atoms with Crippen molar-refractivity contribution in [2.45, 2.75) is 52.6 Å². The first-order valence-corrected chi connectivity index (χ1v) is 6.77. The average Bonchev–Trinajstić information content (AvgIpc) is 2.26. The minimum absolute atomic E-state index is 0.134. The molecule has 0 aromatic heterocycles. The number of aliphatic carboxylic acids is 1. The first-order chi connectivity index (χ1) is 9.18. The van der Waals surface area contributed by atoms with Crippen LogP contribution in [0.1, 0.15) is 40.5 Å². The molecule has 3 amide bonds. The van der Waals surface area contributed by atoms with Crippen LogP contribution in [0.5, 0.6) is 0 Å².